The van der Waals surface area contributed by atoms with Crippen molar-refractivity contribution in [1.29, 1.82) is 0 Å². The highest BCUT2D eigenvalue weighted by atomic mass is 16.6. The van der Waals surface area contributed by atoms with Crippen molar-refractivity contribution in [2.24, 2.45) is 5.92 Å². The third kappa shape index (κ3) is 3.60. The zero-order valence-electron chi connectivity index (χ0n) is 11.5. The Morgan fingerprint density at radius 3 is 2.56 bits per heavy atom. The van der Waals surface area contributed by atoms with Crippen LogP contribution in [0.4, 0.5) is 0 Å². The molecule has 2 aliphatic rings. The summed E-state index contributed by atoms with van der Waals surface area (Å²) in [6.07, 6.45) is 15.0. The van der Waals surface area contributed by atoms with Crippen LogP contribution in [0.25, 0.3) is 0 Å². The molecule has 0 heterocycles. The highest BCUT2D eigenvalue weighted by molar-refractivity contribution is 5.81. The maximum Gasteiger partial charge on any atom is 0.330 e. The Hall–Kier alpha value is -0.790. The summed E-state index contributed by atoms with van der Waals surface area (Å²) in [5.41, 5.74) is -0.161. The van der Waals surface area contributed by atoms with E-state index >= 15 is 0 Å². The van der Waals surface area contributed by atoms with Crippen LogP contribution in [-0.2, 0) is 9.53 Å². The first-order valence-corrected chi connectivity index (χ1v) is 7.59. The topological polar surface area (TPSA) is 26.3 Å². The molecule has 2 aliphatic carbocycles. The fraction of sp³-hybridized carbons (Fsp3) is 0.812. The van der Waals surface area contributed by atoms with Crippen LogP contribution in [0.1, 0.15) is 70.6 Å². The Balaban J connectivity index is 2.05. The second kappa shape index (κ2) is 6.40. The van der Waals surface area contributed by atoms with E-state index in [1.54, 1.807) is 0 Å². The van der Waals surface area contributed by atoms with Crippen molar-refractivity contribution in [3.05, 3.63) is 12.7 Å². The second-order valence-electron chi connectivity index (χ2n) is 6.08. The summed E-state index contributed by atoms with van der Waals surface area (Å²) in [6, 6.07) is 0. The fourth-order valence-corrected chi connectivity index (χ4v) is 3.73. The molecular weight excluding hydrogens is 224 g/mol. The zero-order chi connectivity index (χ0) is 12.8. The summed E-state index contributed by atoms with van der Waals surface area (Å²) >= 11 is 0. The summed E-state index contributed by atoms with van der Waals surface area (Å²) in [7, 11) is 0. The molecule has 2 heteroatoms. The van der Waals surface area contributed by atoms with Crippen molar-refractivity contribution in [2.45, 2.75) is 76.2 Å². The Bertz CT molecular complexity index is 297. The first kappa shape index (κ1) is 13.6. The monoisotopic (exact) mass is 250 g/mol. The lowest BCUT2D eigenvalue weighted by Crippen LogP contribution is -2.40. The van der Waals surface area contributed by atoms with Gasteiger partial charge in [-0.3, -0.25) is 0 Å². The molecule has 0 aromatic rings. The van der Waals surface area contributed by atoms with E-state index < -0.39 is 0 Å². The largest absolute Gasteiger partial charge is 0.456 e. The third-order valence-corrected chi connectivity index (χ3v) is 4.63. The number of rotatable bonds is 2. The fourth-order valence-electron chi connectivity index (χ4n) is 3.73. The van der Waals surface area contributed by atoms with E-state index in [1.165, 1.54) is 57.4 Å². The Morgan fingerprint density at radius 1 is 1.06 bits per heavy atom. The molecule has 0 aromatic heterocycles. The first-order chi connectivity index (χ1) is 8.74. The summed E-state index contributed by atoms with van der Waals surface area (Å²) in [6.45, 7) is 3.53. The molecule has 2 saturated carbocycles. The van der Waals surface area contributed by atoms with Crippen molar-refractivity contribution in [3.8, 4) is 0 Å². The zero-order valence-corrected chi connectivity index (χ0v) is 11.5. The lowest BCUT2D eigenvalue weighted by molar-refractivity contribution is -0.160. The van der Waals surface area contributed by atoms with Gasteiger partial charge >= 0.3 is 5.97 Å². The van der Waals surface area contributed by atoms with Crippen molar-refractivity contribution < 1.29 is 9.53 Å². The molecule has 0 aromatic carbocycles. The smallest absolute Gasteiger partial charge is 0.330 e. The number of esters is 1. The molecule has 2 atom stereocenters. The number of carbonyl (C=O) groups is 1. The van der Waals surface area contributed by atoms with Crippen molar-refractivity contribution in [1.82, 2.24) is 0 Å². The SMILES string of the molecule is C=CC(=O)OC12CCCCCCCC(CCC1)C2. The maximum atomic E-state index is 11.6. The van der Waals surface area contributed by atoms with E-state index in [2.05, 4.69) is 6.58 Å². The Kier molecular flexibility index (Phi) is 4.85. The highest BCUT2D eigenvalue weighted by Gasteiger charge is 2.38. The number of carbonyl (C=O) groups excluding carboxylic acids is 1. The van der Waals surface area contributed by atoms with Gasteiger partial charge < -0.3 is 4.74 Å². The minimum atomic E-state index is -0.229. The minimum Gasteiger partial charge on any atom is -0.456 e. The van der Waals surface area contributed by atoms with Crippen molar-refractivity contribution >= 4 is 5.97 Å². The molecule has 102 valence electrons. The Labute approximate surface area is 111 Å². The van der Waals surface area contributed by atoms with Gasteiger partial charge in [0.25, 0.3) is 0 Å². The van der Waals surface area contributed by atoms with Crippen LogP contribution in [0, 0.1) is 5.92 Å². The molecule has 0 N–H and O–H groups in total. The first-order valence-electron chi connectivity index (χ1n) is 7.59. The van der Waals surface area contributed by atoms with Gasteiger partial charge in [0.1, 0.15) is 5.60 Å². The van der Waals surface area contributed by atoms with Gasteiger partial charge in [-0.05, 0) is 38.0 Å². The lowest BCUT2D eigenvalue weighted by atomic mass is 9.73. The number of fused-ring (bicyclic) bond motifs is 2. The third-order valence-electron chi connectivity index (χ3n) is 4.63. The van der Waals surface area contributed by atoms with Gasteiger partial charge in [0.15, 0.2) is 0 Å². The molecular formula is C16H26O2. The average molecular weight is 250 g/mol. The predicted octanol–water partition coefficient (Wildman–Crippen LogP) is 4.39. The van der Waals surface area contributed by atoms with Gasteiger partial charge in [-0.1, -0.05) is 45.1 Å². The lowest BCUT2D eigenvalue weighted by Gasteiger charge is -2.41. The summed E-state index contributed by atoms with van der Waals surface area (Å²) in [4.78, 5) is 11.6. The predicted molar refractivity (Wildman–Crippen MR) is 73.3 cm³/mol. The standard InChI is InChI=1S/C16H26O2/c1-2-15(17)18-16-11-7-5-3-4-6-9-14(13-16)10-8-12-16/h2,14H,1,3-13H2. The molecule has 2 unspecified atom stereocenters. The van der Waals surface area contributed by atoms with Crippen LogP contribution >= 0.6 is 0 Å². The number of hydrogen-bond donors (Lipinski definition) is 0. The second-order valence-corrected chi connectivity index (χ2v) is 6.08. The van der Waals surface area contributed by atoms with Crippen LogP contribution in [0.2, 0.25) is 0 Å². The van der Waals surface area contributed by atoms with Gasteiger partial charge in [0.05, 0.1) is 0 Å². The molecule has 0 amide bonds. The van der Waals surface area contributed by atoms with Crippen LogP contribution in [-0.4, -0.2) is 11.6 Å². The van der Waals surface area contributed by atoms with Crippen LogP contribution in [0.15, 0.2) is 12.7 Å². The van der Waals surface area contributed by atoms with Crippen LogP contribution < -0.4 is 0 Å². The molecule has 18 heavy (non-hydrogen) atoms. The molecule has 0 aliphatic heterocycles. The summed E-state index contributed by atoms with van der Waals surface area (Å²) in [5, 5.41) is 0. The van der Waals surface area contributed by atoms with Crippen LogP contribution in [0.5, 0.6) is 0 Å². The maximum absolute atomic E-state index is 11.6. The van der Waals surface area contributed by atoms with Gasteiger partial charge in [0, 0.05) is 6.08 Å². The van der Waals surface area contributed by atoms with E-state index in [-0.39, 0.29) is 11.6 Å². The van der Waals surface area contributed by atoms with E-state index in [4.69, 9.17) is 4.74 Å². The molecule has 0 radical (unpaired) electrons. The molecule has 2 bridgehead atoms. The van der Waals surface area contributed by atoms with E-state index in [1.807, 2.05) is 0 Å². The molecule has 0 spiro atoms. The quantitative estimate of drug-likeness (QED) is 0.536. The molecule has 2 fully saturated rings. The average Bonchev–Trinajstić information content (AvgIpc) is 2.37. The van der Waals surface area contributed by atoms with E-state index in [0.29, 0.717) is 0 Å². The number of ether oxygens (including phenoxy) is 1. The van der Waals surface area contributed by atoms with Crippen molar-refractivity contribution in [3.63, 3.8) is 0 Å². The van der Waals surface area contributed by atoms with Gasteiger partial charge in [-0.2, -0.15) is 0 Å². The van der Waals surface area contributed by atoms with E-state index in [9.17, 15) is 4.79 Å². The van der Waals surface area contributed by atoms with Gasteiger partial charge in [-0.25, -0.2) is 4.79 Å². The van der Waals surface area contributed by atoms with Gasteiger partial charge in [0.2, 0.25) is 0 Å². The number of hydrogen-bond acceptors (Lipinski definition) is 2. The molecule has 2 nitrogen and oxygen atoms in total. The summed E-state index contributed by atoms with van der Waals surface area (Å²) < 4.78 is 5.77. The Morgan fingerprint density at radius 2 is 1.72 bits per heavy atom. The van der Waals surface area contributed by atoms with Crippen molar-refractivity contribution in [2.75, 3.05) is 0 Å². The normalized spacial score (nSPS) is 33.4. The molecule has 0 saturated heterocycles. The minimum absolute atomic E-state index is 0.161. The molecule has 2 rings (SSSR count). The van der Waals surface area contributed by atoms with E-state index in [0.717, 1.165) is 25.2 Å². The highest BCUT2D eigenvalue weighted by Crippen LogP contribution is 2.41. The van der Waals surface area contributed by atoms with Gasteiger partial charge in [-0.15, -0.1) is 0 Å². The summed E-state index contributed by atoms with van der Waals surface area (Å²) in [5.74, 6) is 0.544. The van der Waals surface area contributed by atoms with Crippen LogP contribution in [0.3, 0.4) is 0 Å².